The molecule has 2 aromatic rings. The number of anilines is 2. The van der Waals surface area contributed by atoms with Crippen LogP contribution in [-0.4, -0.2) is 29.0 Å². The zero-order chi connectivity index (χ0) is 17.5. The highest BCUT2D eigenvalue weighted by atomic mass is 35.5. The summed E-state index contributed by atoms with van der Waals surface area (Å²) in [7, 11) is 0. The number of halogens is 1. The van der Waals surface area contributed by atoms with E-state index < -0.39 is 0 Å². The van der Waals surface area contributed by atoms with Gasteiger partial charge < -0.3 is 10.2 Å². The zero-order valence-corrected chi connectivity index (χ0v) is 15.1. The van der Waals surface area contributed by atoms with Gasteiger partial charge in [0, 0.05) is 23.8 Å². The van der Waals surface area contributed by atoms with Crippen molar-refractivity contribution in [1.82, 2.24) is 9.97 Å². The molecule has 0 unspecified atom stereocenters. The number of hydrogen-bond donors (Lipinski definition) is 1. The molecular formula is C18H23ClN4O. The predicted molar refractivity (Wildman–Crippen MR) is 99.0 cm³/mol. The van der Waals surface area contributed by atoms with Gasteiger partial charge in [0.15, 0.2) is 0 Å². The minimum absolute atomic E-state index is 0.283. The molecule has 0 aliphatic rings. The molecule has 0 saturated carbocycles. The first-order valence-corrected chi connectivity index (χ1v) is 8.57. The predicted octanol–water partition coefficient (Wildman–Crippen LogP) is 4.32. The molecule has 5 nitrogen and oxygen atoms in total. The molecule has 0 atom stereocenters. The molecule has 24 heavy (non-hydrogen) atoms. The van der Waals surface area contributed by atoms with Gasteiger partial charge in [0.2, 0.25) is 0 Å². The highest BCUT2D eigenvalue weighted by Crippen LogP contribution is 2.20. The lowest BCUT2D eigenvalue weighted by Crippen LogP contribution is -2.26. The van der Waals surface area contributed by atoms with Crippen LogP contribution >= 0.6 is 11.6 Å². The Bertz CT molecular complexity index is 682. The maximum atomic E-state index is 12.3. The minimum Gasteiger partial charge on any atom is -0.355 e. The first kappa shape index (κ1) is 18.2. The van der Waals surface area contributed by atoms with Gasteiger partial charge >= 0.3 is 0 Å². The SMILES string of the molecule is CCCN(CCC)c1cnc(C(=O)Nc2cc(Cl)ccc2C)cn1. The summed E-state index contributed by atoms with van der Waals surface area (Å²) >= 11 is 5.98. The number of rotatable bonds is 7. The van der Waals surface area contributed by atoms with E-state index in [-0.39, 0.29) is 11.6 Å². The van der Waals surface area contributed by atoms with E-state index in [1.165, 1.54) is 6.20 Å². The molecule has 2 rings (SSSR count). The van der Waals surface area contributed by atoms with Crippen molar-refractivity contribution in [3.05, 3.63) is 46.9 Å². The van der Waals surface area contributed by atoms with Crippen molar-refractivity contribution in [3.8, 4) is 0 Å². The van der Waals surface area contributed by atoms with Gasteiger partial charge in [-0.25, -0.2) is 9.97 Å². The van der Waals surface area contributed by atoms with E-state index in [4.69, 9.17) is 11.6 Å². The summed E-state index contributed by atoms with van der Waals surface area (Å²) in [5.74, 6) is 0.506. The second kappa shape index (κ2) is 8.64. The maximum Gasteiger partial charge on any atom is 0.275 e. The standard InChI is InChI=1S/C18H23ClN4O/c1-4-8-23(9-5-2)17-12-20-16(11-21-17)18(24)22-15-10-14(19)7-6-13(15)3/h6-7,10-12H,4-5,8-9H2,1-3H3,(H,22,24). The van der Waals surface area contributed by atoms with Crippen LogP contribution in [0.15, 0.2) is 30.6 Å². The van der Waals surface area contributed by atoms with Crippen molar-refractivity contribution >= 4 is 29.0 Å². The topological polar surface area (TPSA) is 58.1 Å². The maximum absolute atomic E-state index is 12.3. The van der Waals surface area contributed by atoms with Crippen LogP contribution in [-0.2, 0) is 0 Å². The molecular weight excluding hydrogens is 324 g/mol. The van der Waals surface area contributed by atoms with Crippen molar-refractivity contribution in [1.29, 1.82) is 0 Å². The third-order valence-electron chi connectivity index (χ3n) is 3.63. The van der Waals surface area contributed by atoms with Crippen molar-refractivity contribution in [3.63, 3.8) is 0 Å². The van der Waals surface area contributed by atoms with Crippen LogP contribution in [0.3, 0.4) is 0 Å². The van der Waals surface area contributed by atoms with E-state index in [0.29, 0.717) is 10.7 Å². The number of aryl methyl sites for hydroxylation is 1. The lowest BCUT2D eigenvalue weighted by Gasteiger charge is -2.22. The van der Waals surface area contributed by atoms with Crippen molar-refractivity contribution in [2.24, 2.45) is 0 Å². The monoisotopic (exact) mass is 346 g/mol. The average Bonchev–Trinajstić information content (AvgIpc) is 2.58. The number of amides is 1. The fraction of sp³-hybridized carbons (Fsp3) is 0.389. The largest absolute Gasteiger partial charge is 0.355 e. The van der Waals surface area contributed by atoms with Gasteiger partial charge in [0.05, 0.1) is 12.4 Å². The van der Waals surface area contributed by atoms with Gasteiger partial charge in [-0.15, -0.1) is 0 Å². The minimum atomic E-state index is -0.294. The van der Waals surface area contributed by atoms with Crippen LogP contribution in [0, 0.1) is 6.92 Å². The lowest BCUT2D eigenvalue weighted by molar-refractivity contribution is 0.102. The number of benzene rings is 1. The summed E-state index contributed by atoms with van der Waals surface area (Å²) in [6.45, 7) is 8.02. The van der Waals surface area contributed by atoms with Crippen LogP contribution < -0.4 is 10.2 Å². The smallest absolute Gasteiger partial charge is 0.275 e. The molecule has 0 saturated heterocycles. The van der Waals surface area contributed by atoms with Gasteiger partial charge in [-0.2, -0.15) is 0 Å². The molecule has 0 bridgehead atoms. The summed E-state index contributed by atoms with van der Waals surface area (Å²) in [6, 6.07) is 5.37. The summed E-state index contributed by atoms with van der Waals surface area (Å²) in [4.78, 5) is 23.2. The Morgan fingerprint density at radius 2 is 1.88 bits per heavy atom. The number of aromatic nitrogens is 2. The van der Waals surface area contributed by atoms with Gasteiger partial charge in [-0.1, -0.05) is 31.5 Å². The Hall–Kier alpha value is -2.14. The Morgan fingerprint density at radius 3 is 2.46 bits per heavy atom. The molecule has 1 N–H and O–H groups in total. The van der Waals surface area contributed by atoms with Crippen LogP contribution in [0.5, 0.6) is 0 Å². The molecule has 0 aliphatic carbocycles. The molecule has 0 radical (unpaired) electrons. The van der Waals surface area contributed by atoms with E-state index in [2.05, 4.69) is 34.0 Å². The average molecular weight is 347 g/mol. The van der Waals surface area contributed by atoms with E-state index in [1.807, 2.05) is 13.0 Å². The van der Waals surface area contributed by atoms with E-state index in [1.54, 1.807) is 18.3 Å². The number of nitrogens with zero attached hydrogens (tertiary/aromatic N) is 3. The second-order valence-corrected chi connectivity index (χ2v) is 6.10. The number of nitrogens with one attached hydrogen (secondary N) is 1. The quantitative estimate of drug-likeness (QED) is 0.811. The molecule has 0 fully saturated rings. The van der Waals surface area contributed by atoms with Gasteiger partial charge in [0.25, 0.3) is 5.91 Å². The fourth-order valence-corrected chi connectivity index (χ4v) is 2.57. The fourth-order valence-electron chi connectivity index (χ4n) is 2.40. The highest BCUT2D eigenvalue weighted by Gasteiger charge is 2.12. The summed E-state index contributed by atoms with van der Waals surface area (Å²) in [5, 5.41) is 3.40. The lowest BCUT2D eigenvalue weighted by atomic mass is 10.2. The Balaban J connectivity index is 2.12. The molecule has 1 aromatic heterocycles. The van der Waals surface area contributed by atoms with Crippen LogP contribution in [0.2, 0.25) is 5.02 Å². The van der Waals surface area contributed by atoms with E-state index >= 15 is 0 Å². The second-order valence-electron chi connectivity index (χ2n) is 5.66. The summed E-state index contributed by atoms with van der Waals surface area (Å²) in [5.41, 5.74) is 1.90. The third kappa shape index (κ3) is 4.68. The van der Waals surface area contributed by atoms with Crippen LogP contribution in [0.25, 0.3) is 0 Å². The van der Waals surface area contributed by atoms with E-state index in [9.17, 15) is 4.79 Å². The highest BCUT2D eigenvalue weighted by molar-refractivity contribution is 6.31. The first-order valence-electron chi connectivity index (χ1n) is 8.19. The molecule has 1 heterocycles. The summed E-state index contributed by atoms with van der Waals surface area (Å²) < 4.78 is 0. The normalized spacial score (nSPS) is 10.5. The van der Waals surface area contributed by atoms with Crippen molar-refractivity contribution in [2.75, 3.05) is 23.3 Å². The molecule has 128 valence electrons. The molecule has 1 amide bonds. The van der Waals surface area contributed by atoms with Crippen LogP contribution in [0.1, 0.15) is 42.7 Å². The summed E-state index contributed by atoms with van der Waals surface area (Å²) in [6.07, 6.45) is 5.25. The number of carbonyl (C=O) groups excluding carboxylic acids is 1. The van der Waals surface area contributed by atoms with E-state index in [0.717, 1.165) is 37.3 Å². The molecule has 6 heteroatoms. The Kier molecular flexibility index (Phi) is 6.55. The number of hydrogen-bond acceptors (Lipinski definition) is 4. The number of carbonyl (C=O) groups is 1. The van der Waals surface area contributed by atoms with Gasteiger partial charge in [-0.05, 0) is 37.5 Å². The first-order chi connectivity index (χ1) is 11.5. The van der Waals surface area contributed by atoms with Gasteiger partial charge in [0.1, 0.15) is 11.5 Å². The Morgan fingerprint density at radius 1 is 1.17 bits per heavy atom. The van der Waals surface area contributed by atoms with Crippen molar-refractivity contribution in [2.45, 2.75) is 33.6 Å². The molecule has 1 aromatic carbocycles. The molecule has 0 spiro atoms. The zero-order valence-electron chi connectivity index (χ0n) is 14.3. The molecule has 0 aliphatic heterocycles. The third-order valence-corrected chi connectivity index (χ3v) is 3.86. The van der Waals surface area contributed by atoms with Gasteiger partial charge in [-0.3, -0.25) is 4.79 Å². The Labute approximate surface area is 148 Å². The van der Waals surface area contributed by atoms with Crippen molar-refractivity contribution < 1.29 is 4.79 Å². The van der Waals surface area contributed by atoms with Crippen LogP contribution in [0.4, 0.5) is 11.5 Å².